The van der Waals surface area contributed by atoms with Crippen LogP contribution in [0.2, 0.25) is 0 Å². The maximum Gasteiger partial charge on any atom is 0.185 e. The monoisotopic (exact) mass is 340 g/mol. The van der Waals surface area contributed by atoms with Crippen LogP contribution in [0, 0.1) is 0 Å². The van der Waals surface area contributed by atoms with Gasteiger partial charge in [-0.1, -0.05) is 0 Å². The molecular weight excluding hydrogens is 320 g/mol. The van der Waals surface area contributed by atoms with Gasteiger partial charge in [-0.3, -0.25) is 4.79 Å². The molecule has 1 aliphatic heterocycles. The van der Waals surface area contributed by atoms with E-state index < -0.39 is 0 Å². The number of hydrogen-bond acceptors (Lipinski definition) is 5. The first-order chi connectivity index (χ1) is 12.2. The number of hydrogen-bond donors (Lipinski definition) is 0. The highest BCUT2D eigenvalue weighted by atomic mass is 16.5. The molecular formula is C20H20O5. The molecule has 0 aliphatic carbocycles. The SMILES string of the molecule is COc1cc(OC)c(OC)cc1/C=C/C(=O)c1ccc2c(c1)CCO2. The van der Waals surface area contributed by atoms with Crippen molar-refractivity contribution in [3.8, 4) is 23.0 Å². The first-order valence-electron chi connectivity index (χ1n) is 7.94. The van der Waals surface area contributed by atoms with Crippen LogP contribution in [0.1, 0.15) is 21.5 Å². The van der Waals surface area contributed by atoms with Crippen molar-refractivity contribution in [1.82, 2.24) is 0 Å². The minimum atomic E-state index is -0.0773. The summed E-state index contributed by atoms with van der Waals surface area (Å²) in [5.74, 6) is 2.53. The van der Waals surface area contributed by atoms with E-state index in [1.54, 1.807) is 45.6 Å². The van der Waals surface area contributed by atoms with E-state index in [0.29, 0.717) is 29.4 Å². The molecule has 0 radical (unpaired) electrons. The average Bonchev–Trinajstić information content (AvgIpc) is 3.12. The lowest BCUT2D eigenvalue weighted by Crippen LogP contribution is -1.97. The Balaban J connectivity index is 1.87. The molecule has 5 heteroatoms. The number of carbonyl (C=O) groups is 1. The number of rotatable bonds is 6. The van der Waals surface area contributed by atoms with E-state index in [9.17, 15) is 4.79 Å². The summed E-state index contributed by atoms with van der Waals surface area (Å²) in [7, 11) is 4.70. The predicted molar refractivity (Wildman–Crippen MR) is 95.1 cm³/mol. The van der Waals surface area contributed by atoms with Gasteiger partial charge in [0.25, 0.3) is 0 Å². The number of methoxy groups -OCH3 is 3. The van der Waals surface area contributed by atoms with E-state index in [0.717, 1.165) is 23.3 Å². The largest absolute Gasteiger partial charge is 0.496 e. The molecule has 1 aliphatic rings. The molecule has 0 unspecified atom stereocenters. The molecule has 130 valence electrons. The lowest BCUT2D eigenvalue weighted by atomic mass is 10.0. The van der Waals surface area contributed by atoms with Crippen LogP contribution in [0.25, 0.3) is 6.08 Å². The van der Waals surface area contributed by atoms with E-state index in [-0.39, 0.29) is 5.78 Å². The third kappa shape index (κ3) is 3.45. The van der Waals surface area contributed by atoms with Gasteiger partial charge in [-0.05, 0) is 42.0 Å². The Hall–Kier alpha value is -2.95. The topological polar surface area (TPSA) is 54.0 Å². The van der Waals surface area contributed by atoms with Gasteiger partial charge in [-0.2, -0.15) is 0 Å². The van der Waals surface area contributed by atoms with Crippen molar-refractivity contribution >= 4 is 11.9 Å². The molecule has 3 rings (SSSR count). The Kier molecular flexibility index (Phi) is 4.93. The van der Waals surface area contributed by atoms with Crippen molar-refractivity contribution in [3.63, 3.8) is 0 Å². The van der Waals surface area contributed by atoms with Gasteiger partial charge in [0.15, 0.2) is 17.3 Å². The van der Waals surface area contributed by atoms with Crippen molar-refractivity contribution in [2.45, 2.75) is 6.42 Å². The molecule has 0 atom stereocenters. The van der Waals surface area contributed by atoms with Crippen LogP contribution in [-0.2, 0) is 6.42 Å². The second kappa shape index (κ2) is 7.30. The summed E-state index contributed by atoms with van der Waals surface area (Å²) in [6.07, 6.45) is 4.08. The van der Waals surface area contributed by atoms with Crippen LogP contribution >= 0.6 is 0 Å². The molecule has 0 aromatic heterocycles. The average molecular weight is 340 g/mol. The molecule has 25 heavy (non-hydrogen) atoms. The zero-order valence-electron chi connectivity index (χ0n) is 14.5. The van der Waals surface area contributed by atoms with E-state index >= 15 is 0 Å². The summed E-state index contributed by atoms with van der Waals surface area (Å²) in [5.41, 5.74) is 2.45. The number of ether oxygens (including phenoxy) is 4. The van der Waals surface area contributed by atoms with Gasteiger partial charge in [0.2, 0.25) is 0 Å². The maximum absolute atomic E-state index is 12.5. The fourth-order valence-corrected chi connectivity index (χ4v) is 2.78. The van der Waals surface area contributed by atoms with E-state index in [1.807, 2.05) is 12.1 Å². The Morgan fingerprint density at radius 1 is 1.00 bits per heavy atom. The minimum absolute atomic E-state index is 0.0773. The highest BCUT2D eigenvalue weighted by Crippen LogP contribution is 2.35. The zero-order chi connectivity index (χ0) is 17.8. The first-order valence-corrected chi connectivity index (χ1v) is 7.94. The van der Waals surface area contributed by atoms with Crippen LogP contribution in [0.5, 0.6) is 23.0 Å². The van der Waals surface area contributed by atoms with Gasteiger partial charge >= 0.3 is 0 Å². The second-order valence-corrected chi connectivity index (χ2v) is 5.57. The molecule has 0 saturated carbocycles. The van der Waals surface area contributed by atoms with Crippen molar-refractivity contribution in [2.24, 2.45) is 0 Å². The summed E-state index contributed by atoms with van der Waals surface area (Å²) in [5, 5.41) is 0. The smallest absolute Gasteiger partial charge is 0.185 e. The van der Waals surface area contributed by atoms with Gasteiger partial charge in [-0.15, -0.1) is 0 Å². The van der Waals surface area contributed by atoms with Crippen molar-refractivity contribution in [3.05, 3.63) is 53.1 Å². The fraction of sp³-hybridized carbons (Fsp3) is 0.250. The molecule has 0 bridgehead atoms. The van der Waals surface area contributed by atoms with Crippen molar-refractivity contribution in [2.75, 3.05) is 27.9 Å². The number of benzene rings is 2. The van der Waals surface area contributed by atoms with Crippen molar-refractivity contribution < 1.29 is 23.7 Å². The summed E-state index contributed by atoms with van der Waals surface area (Å²) >= 11 is 0. The van der Waals surface area contributed by atoms with Gasteiger partial charge in [0.05, 0.1) is 27.9 Å². The molecule has 2 aromatic rings. The fourth-order valence-electron chi connectivity index (χ4n) is 2.78. The van der Waals surface area contributed by atoms with Crippen LogP contribution in [0.3, 0.4) is 0 Å². The molecule has 2 aromatic carbocycles. The second-order valence-electron chi connectivity index (χ2n) is 5.57. The summed E-state index contributed by atoms with van der Waals surface area (Å²) < 4.78 is 21.4. The Morgan fingerprint density at radius 2 is 1.72 bits per heavy atom. The third-order valence-corrected chi connectivity index (χ3v) is 4.12. The van der Waals surface area contributed by atoms with Crippen LogP contribution in [0.4, 0.5) is 0 Å². The maximum atomic E-state index is 12.5. The number of allylic oxidation sites excluding steroid dienone is 1. The van der Waals surface area contributed by atoms with Gasteiger partial charge in [0, 0.05) is 23.6 Å². The molecule has 0 N–H and O–H groups in total. The molecule has 0 saturated heterocycles. The Bertz CT molecular complexity index is 823. The third-order valence-electron chi connectivity index (χ3n) is 4.12. The van der Waals surface area contributed by atoms with E-state index in [2.05, 4.69) is 0 Å². The van der Waals surface area contributed by atoms with Gasteiger partial charge < -0.3 is 18.9 Å². The van der Waals surface area contributed by atoms with Gasteiger partial charge in [0.1, 0.15) is 11.5 Å². The summed E-state index contributed by atoms with van der Waals surface area (Å²) in [6, 6.07) is 9.03. The molecule has 0 amide bonds. The van der Waals surface area contributed by atoms with E-state index in [4.69, 9.17) is 18.9 Å². The molecule has 0 spiro atoms. The van der Waals surface area contributed by atoms with Crippen LogP contribution in [0.15, 0.2) is 36.4 Å². The summed E-state index contributed by atoms with van der Waals surface area (Å²) in [6.45, 7) is 0.672. The highest BCUT2D eigenvalue weighted by molar-refractivity contribution is 6.07. The number of fused-ring (bicyclic) bond motifs is 1. The highest BCUT2D eigenvalue weighted by Gasteiger charge is 2.14. The zero-order valence-corrected chi connectivity index (χ0v) is 14.5. The Morgan fingerprint density at radius 3 is 2.44 bits per heavy atom. The number of ketones is 1. The normalized spacial score (nSPS) is 12.6. The van der Waals surface area contributed by atoms with E-state index in [1.165, 1.54) is 6.08 Å². The minimum Gasteiger partial charge on any atom is -0.496 e. The lowest BCUT2D eigenvalue weighted by molar-refractivity contribution is 0.104. The lowest BCUT2D eigenvalue weighted by Gasteiger charge is -2.12. The first kappa shape index (κ1) is 16.9. The van der Waals surface area contributed by atoms with Gasteiger partial charge in [-0.25, -0.2) is 0 Å². The summed E-state index contributed by atoms with van der Waals surface area (Å²) in [4.78, 5) is 12.5. The van der Waals surface area contributed by atoms with Crippen LogP contribution in [-0.4, -0.2) is 33.7 Å². The van der Waals surface area contributed by atoms with Crippen LogP contribution < -0.4 is 18.9 Å². The standard InChI is InChI=1S/C20H20O5/c1-22-18-12-20(24-3)19(23-2)11-14(18)4-6-16(21)13-5-7-17-15(10-13)8-9-25-17/h4-7,10-12H,8-9H2,1-3H3/b6-4+. The molecule has 0 fully saturated rings. The number of carbonyl (C=O) groups excluding carboxylic acids is 1. The quantitative estimate of drug-likeness (QED) is 0.595. The molecule has 5 nitrogen and oxygen atoms in total. The Labute approximate surface area is 146 Å². The van der Waals surface area contributed by atoms with Crippen molar-refractivity contribution in [1.29, 1.82) is 0 Å². The predicted octanol–water partition coefficient (Wildman–Crippen LogP) is 3.54. The molecule has 1 heterocycles.